The van der Waals surface area contributed by atoms with Crippen molar-refractivity contribution in [3.63, 3.8) is 0 Å². The van der Waals surface area contributed by atoms with Gasteiger partial charge in [-0.05, 0) is 46.8 Å². The fraction of sp³-hybridized carbons (Fsp3) is 0.583. The van der Waals surface area contributed by atoms with Gasteiger partial charge in [0.1, 0.15) is 0 Å². The van der Waals surface area contributed by atoms with Crippen molar-refractivity contribution in [1.82, 2.24) is 24.7 Å². The summed E-state index contributed by atoms with van der Waals surface area (Å²) in [7, 11) is 0. The Labute approximate surface area is 125 Å². The molecule has 0 saturated carbocycles. The Morgan fingerprint density at radius 2 is 2.26 bits per heavy atom. The lowest BCUT2D eigenvalue weighted by Gasteiger charge is -2.18. The van der Waals surface area contributed by atoms with Crippen molar-refractivity contribution in [3.8, 4) is 0 Å². The van der Waals surface area contributed by atoms with Crippen molar-refractivity contribution >= 4 is 27.5 Å². The van der Waals surface area contributed by atoms with Crippen LogP contribution >= 0.6 is 27.5 Å². The molecule has 0 amide bonds. The van der Waals surface area contributed by atoms with Gasteiger partial charge in [-0.25, -0.2) is 0 Å². The molecule has 5 nitrogen and oxygen atoms in total. The minimum atomic E-state index is 0.0436. The van der Waals surface area contributed by atoms with Crippen molar-refractivity contribution in [3.05, 3.63) is 27.4 Å². The number of rotatable bonds is 7. The van der Waals surface area contributed by atoms with E-state index in [9.17, 15) is 0 Å². The molecular weight excluding hydrogens is 326 g/mol. The van der Waals surface area contributed by atoms with E-state index < -0.39 is 0 Å². The normalized spacial score (nSPS) is 12.8. The van der Waals surface area contributed by atoms with Crippen LogP contribution in [0.2, 0.25) is 0 Å². The number of nitrogens with zero attached hydrogens (tertiary/aromatic N) is 4. The van der Waals surface area contributed by atoms with E-state index in [0.29, 0.717) is 0 Å². The van der Waals surface area contributed by atoms with E-state index in [0.717, 1.165) is 41.8 Å². The fourth-order valence-corrected chi connectivity index (χ4v) is 2.98. The van der Waals surface area contributed by atoms with Crippen LogP contribution in [0.25, 0.3) is 0 Å². The van der Waals surface area contributed by atoms with E-state index in [2.05, 4.69) is 49.8 Å². The predicted molar refractivity (Wildman–Crippen MR) is 80.3 cm³/mol. The molecule has 7 heteroatoms. The van der Waals surface area contributed by atoms with Gasteiger partial charge in [-0.2, -0.15) is 5.10 Å². The molecule has 2 aromatic heterocycles. The Morgan fingerprint density at radius 3 is 2.89 bits per heavy atom. The molecule has 1 atom stereocenters. The molecule has 0 aromatic carbocycles. The molecule has 0 bridgehead atoms. The molecule has 1 unspecified atom stereocenters. The maximum Gasteiger partial charge on any atom is 0.0986 e. The molecule has 2 aromatic rings. The van der Waals surface area contributed by atoms with Gasteiger partial charge in [-0.1, -0.05) is 18.3 Å². The molecular formula is C12H18BrN5S. The monoisotopic (exact) mass is 343 g/mol. The number of aryl methyl sites for hydroxylation is 1. The summed E-state index contributed by atoms with van der Waals surface area (Å²) in [5, 5.41) is 14.2. The third-order valence-electron chi connectivity index (χ3n) is 2.81. The lowest BCUT2D eigenvalue weighted by Crippen LogP contribution is -2.26. The molecule has 104 valence electrons. The van der Waals surface area contributed by atoms with Crippen LogP contribution in [0.15, 0.2) is 16.0 Å². The number of aromatic nitrogens is 4. The van der Waals surface area contributed by atoms with Gasteiger partial charge in [-0.15, -0.1) is 5.10 Å². The van der Waals surface area contributed by atoms with Crippen LogP contribution in [-0.4, -0.2) is 25.9 Å². The highest BCUT2D eigenvalue weighted by atomic mass is 79.9. The van der Waals surface area contributed by atoms with Gasteiger partial charge >= 0.3 is 0 Å². The average Bonchev–Trinajstić information content (AvgIpc) is 3.03. The highest BCUT2D eigenvalue weighted by Gasteiger charge is 2.23. The molecule has 0 fully saturated rings. The van der Waals surface area contributed by atoms with Crippen LogP contribution in [0, 0.1) is 0 Å². The van der Waals surface area contributed by atoms with E-state index in [-0.39, 0.29) is 6.04 Å². The number of halogens is 1. The highest BCUT2D eigenvalue weighted by molar-refractivity contribution is 9.10. The number of hydrogen-bond donors (Lipinski definition) is 1. The van der Waals surface area contributed by atoms with Gasteiger partial charge in [0.25, 0.3) is 0 Å². The second-order valence-electron chi connectivity index (χ2n) is 4.32. The topological polar surface area (TPSA) is 55.6 Å². The summed E-state index contributed by atoms with van der Waals surface area (Å²) >= 11 is 4.97. The Kier molecular flexibility index (Phi) is 5.47. The Balaban J connectivity index is 2.34. The van der Waals surface area contributed by atoms with Crippen LogP contribution in [0.1, 0.15) is 44.1 Å². The minimum absolute atomic E-state index is 0.0436. The van der Waals surface area contributed by atoms with Gasteiger partial charge in [0, 0.05) is 11.9 Å². The second kappa shape index (κ2) is 7.12. The quantitative estimate of drug-likeness (QED) is 0.839. The van der Waals surface area contributed by atoms with Crippen LogP contribution in [0.5, 0.6) is 0 Å². The third kappa shape index (κ3) is 3.40. The summed E-state index contributed by atoms with van der Waals surface area (Å²) in [5.41, 5.74) is 2.08. The van der Waals surface area contributed by atoms with E-state index in [1.165, 1.54) is 11.5 Å². The Morgan fingerprint density at radius 1 is 1.42 bits per heavy atom. The fourth-order valence-electron chi connectivity index (χ4n) is 1.98. The van der Waals surface area contributed by atoms with E-state index >= 15 is 0 Å². The van der Waals surface area contributed by atoms with Gasteiger partial charge in [-0.3, -0.25) is 4.68 Å². The summed E-state index contributed by atoms with van der Waals surface area (Å²) in [6.07, 6.45) is 3.98. The van der Waals surface area contributed by atoms with Crippen molar-refractivity contribution in [2.24, 2.45) is 0 Å². The molecule has 0 radical (unpaired) electrons. The molecule has 2 heterocycles. The lowest BCUT2D eigenvalue weighted by molar-refractivity contribution is 0.503. The lowest BCUT2D eigenvalue weighted by atomic mass is 10.1. The Bertz CT molecular complexity index is 496. The largest absolute Gasteiger partial charge is 0.304 e. The maximum atomic E-state index is 4.43. The zero-order valence-corrected chi connectivity index (χ0v) is 13.5. The van der Waals surface area contributed by atoms with Crippen LogP contribution in [0.3, 0.4) is 0 Å². The van der Waals surface area contributed by atoms with Crippen LogP contribution in [0.4, 0.5) is 0 Å². The molecule has 0 saturated heterocycles. The number of nitrogens with one attached hydrogen (secondary N) is 1. The van der Waals surface area contributed by atoms with Gasteiger partial charge in [0.2, 0.25) is 0 Å². The minimum Gasteiger partial charge on any atom is -0.304 e. The van der Waals surface area contributed by atoms with E-state index in [4.69, 9.17) is 0 Å². The number of hydrogen-bond acceptors (Lipinski definition) is 5. The first-order valence-corrected chi connectivity index (χ1v) is 8.12. The first-order valence-electron chi connectivity index (χ1n) is 6.49. The highest BCUT2D eigenvalue weighted by Crippen LogP contribution is 2.28. The maximum absolute atomic E-state index is 4.43. The first kappa shape index (κ1) is 14.6. The molecule has 1 N–H and O–H groups in total. The zero-order chi connectivity index (χ0) is 13.7. The summed E-state index contributed by atoms with van der Waals surface area (Å²) < 4.78 is 7.03. The van der Waals surface area contributed by atoms with Gasteiger partial charge < -0.3 is 5.32 Å². The second-order valence-corrected chi connectivity index (χ2v) is 5.78. The molecule has 0 aliphatic heterocycles. The van der Waals surface area contributed by atoms with Crippen molar-refractivity contribution in [2.45, 2.75) is 39.3 Å². The Hall–Kier alpha value is -0.790. The van der Waals surface area contributed by atoms with E-state index in [1.54, 1.807) is 0 Å². The standard InChI is InChI=1S/C12H18BrN5S/c1-3-5-14-11(10-8-19-17-16-10)12-9(13)7-15-18(12)6-4-2/h7-8,11,14H,3-6H2,1-2H3. The zero-order valence-electron chi connectivity index (χ0n) is 11.1. The SMILES string of the molecule is CCCNC(c1csnn1)c1c(Br)cnn1CCC. The summed E-state index contributed by atoms with van der Waals surface area (Å²) in [5.74, 6) is 0. The molecule has 2 rings (SSSR count). The van der Waals surface area contributed by atoms with Crippen LogP contribution in [-0.2, 0) is 6.54 Å². The van der Waals surface area contributed by atoms with Crippen molar-refractivity contribution in [2.75, 3.05) is 6.54 Å². The summed E-state index contributed by atoms with van der Waals surface area (Å²) in [6.45, 7) is 6.15. The van der Waals surface area contributed by atoms with Crippen molar-refractivity contribution < 1.29 is 0 Å². The summed E-state index contributed by atoms with van der Waals surface area (Å²) in [4.78, 5) is 0. The third-order valence-corrected chi connectivity index (χ3v) is 3.95. The average molecular weight is 344 g/mol. The summed E-state index contributed by atoms with van der Waals surface area (Å²) in [6, 6.07) is 0.0436. The molecule has 19 heavy (non-hydrogen) atoms. The van der Waals surface area contributed by atoms with Crippen LogP contribution < -0.4 is 5.32 Å². The first-order chi connectivity index (χ1) is 9.27. The van der Waals surface area contributed by atoms with E-state index in [1.807, 2.05) is 16.3 Å². The van der Waals surface area contributed by atoms with Crippen molar-refractivity contribution in [1.29, 1.82) is 0 Å². The van der Waals surface area contributed by atoms with Gasteiger partial charge in [0.15, 0.2) is 0 Å². The molecule has 0 aliphatic carbocycles. The molecule has 0 spiro atoms. The molecule has 0 aliphatic rings. The predicted octanol–water partition coefficient (Wildman–Crippen LogP) is 3.00. The smallest absolute Gasteiger partial charge is 0.0986 e. The van der Waals surface area contributed by atoms with Gasteiger partial charge in [0.05, 0.1) is 28.1 Å².